The van der Waals surface area contributed by atoms with Crippen molar-refractivity contribution in [2.45, 2.75) is 51.7 Å². The van der Waals surface area contributed by atoms with E-state index >= 15 is 0 Å². The van der Waals surface area contributed by atoms with Gasteiger partial charge in [0.05, 0.1) is 0 Å². The number of hydrogen-bond acceptors (Lipinski definition) is 6. The first-order valence-electron chi connectivity index (χ1n) is 10.8. The first-order valence-corrected chi connectivity index (χ1v) is 10.8. The van der Waals surface area contributed by atoms with Crippen LogP contribution in [0.3, 0.4) is 0 Å². The number of hydrogen-bond donors (Lipinski definition) is 2. The van der Waals surface area contributed by atoms with Crippen molar-refractivity contribution in [3.8, 4) is 0 Å². The van der Waals surface area contributed by atoms with E-state index in [1.807, 2.05) is 0 Å². The molecule has 0 unspecified atom stereocenters. The van der Waals surface area contributed by atoms with Gasteiger partial charge >= 0.3 is 6.18 Å². The highest BCUT2D eigenvalue weighted by molar-refractivity contribution is 5.95. The lowest BCUT2D eigenvalue weighted by molar-refractivity contribution is -0.145. The van der Waals surface area contributed by atoms with Crippen LogP contribution in [0.1, 0.15) is 53.8 Å². The number of aromatic nitrogens is 3. The molecule has 0 spiro atoms. The molecule has 0 radical (unpaired) electrons. The van der Waals surface area contributed by atoms with Gasteiger partial charge in [-0.25, -0.2) is 9.97 Å². The normalized spacial score (nSPS) is 15.8. The molecule has 0 bridgehead atoms. The maximum Gasteiger partial charge on any atom is 0.451 e. The van der Waals surface area contributed by atoms with Crippen LogP contribution in [0.25, 0.3) is 0 Å². The summed E-state index contributed by atoms with van der Waals surface area (Å²) in [4.78, 5) is 37.6. The van der Waals surface area contributed by atoms with Crippen molar-refractivity contribution < 1.29 is 22.8 Å². The molecule has 0 saturated carbocycles. The van der Waals surface area contributed by atoms with Gasteiger partial charge in [-0.1, -0.05) is 6.07 Å². The average molecular weight is 464 g/mol. The Hall–Kier alpha value is -3.24. The fourth-order valence-corrected chi connectivity index (χ4v) is 3.95. The predicted octanol–water partition coefficient (Wildman–Crippen LogP) is 2.77. The monoisotopic (exact) mass is 464 g/mol. The lowest BCUT2D eigenvalue weighted by atomic mass is 9.90. The number of aryl methyl sites for hydroxylation is 1. The average Bonchev–Trinajstić information content (AvgIpc) is 2.78. The van der Waals surface area contributed by atoms with Gasteiger partial charge < -0.3 is 16.0 Å². The quantitative estimate of drug-likeness (QED) is 0.680. The molecule has 1 aliphatic rings. The molecule has 3 rings (SSSR count). The topological polar surface area (TPSA) is 114 Å². The Morgan fingerprint density at radius 1 is 1.24 bits per heavy atom. The summed E-state index contributed by atoms with van der Waals surface area (Å²) in [6.07, 6.45) is -0.415. The van der Waals surface area contributed by atoms with Gasteiger partial charge in [-0.3, -0.25) is 14.6 Å². The first kappa shape index (κ1) is 24.4. The molecule has 0 aliphatic carbocycles. The van der Waals surface area contributed by atoms with Gasteiger partial charge in [0.2, 0.25) is 11.7 Å². The standard InChI is InChI=1S/C22H27F3N6O2/c1-13-16(18(26)30-21(29-13)22(23,24)25)7-6-15-8-11-31(12-9-15)20(33)14(2)28-19(32)17-5-3-4-10-27-17/h3-5,10,14-15H,6-9,11-12H2,1-2H3,(H,28,32)(H2,26,29,30)/t14-/m0/s1. The molecule has 0 aromatic carbocycles. The molecule has 2 amide bonds. The van der Waals surface area contributed by atoms with Crippen molar-refractivity contribution in [3.05, 3.63) is 47.2 Å². The number of halogens is 3. The van der Waals surface area contributed by atoms with Gasteiger partial charge in [0.15, 0.2) is 0 Å². The molecular formula is C22H27F3N6O2. The number of carbonyl (C=O) groups excluding carboxylic acids is 2. The summed E-state index contributed by atoms with van der Waals surface area (Å²) in [6.45, 7) is 4.24. The second-order valence-corrected chi connectivity index (χ2v) is 8.21. The Morgan fingerprint density at radius 2 is 1.94 bits per heavy atom. The van der Waals surface area contributed by atoms with E-state index in [-0.39, 0.29) is 23.1 Å². The summed E-state index contributed by atoms with van der Waals surface area (Å²) in [5.74, 6) is -1.63. The number of pyridine rings is 1. The van der Waals surface area contributed by atoms with Crippen LogP contribution in [-0.2, 0) is 17.4 Å². The molecule has 2 aromatic rings. The summed E-state index contributed by atoms with van der Waals surface area (Å²) in [6, 6.07) is 4.30. The molecule has 3 N–H and O–H groups in total. The third-order valence-electron chi connectivity index (χ3n) is 5.84. The number of anilines is 1. The molecule has 1 aliphatic heterocycles. The molecule has 178 valence electrons. The second-order valence-electron chi connectivity index (χ2n) is 8.21. The van der Waals surface area contributed by atoms with E-state index in [9.17, 15) is 22.8 Å². The summed E-state index contributed by atoms with van der Waals surface area (Å²) in [5.41, 5.74) is 6.79. The minimum Gasteiger partial charge on any atom is -0.383 e. The van der Waals surface area contributed by atoms with Crippen LogP contribution in [0.5, 0.6) is 0 Å². The lowest BCUT2D eigenvalue weighted by Gasteiger charge is -2.33. The summed E-state index contributed by atoms with van der Waals surface area (Å²) < 4.78 is 38.5. The maximum absolute atomic E-state index is 12.8. The SMILES string of the molecule is Cc1nc(C(F)(F)F)nc(N)c1CCC1CCN(C(=O)[C@H](C)NC(=O)c2ccccn2)CC1. The van der Waals surface area contributed by atoms with Crippen LogP contribution < -0.4 is 11.1 Å². The molecule has 1 atom stereocenters. The van der Waals surface area contributed by atoms with Gasteiger partial charge in [0, 0.05) is 30.5 Å². The number of nitrogen functional groups attached to an aromatic ring is 1. The zero-order chi connectivity index (χ0) is 24.2. The minimum atomic E-state index is -4.63. The molecule has 3 heterocycles. The van der Waals surface area contributed by atoms with Crippen molar-refractivity contribution in [3.63, 3.8) is 0 Å². The molecular weight excluding hydrogens is 437 g/mol. The third-order valence-corrected chi connectivity index (χ3v) is 5.84. The Kier molecular flexibility index (Phi) is 7.50. The summed E-state index contributed by atoms with van der Waals surface area (Å²) >= 11 is 0. The van der Waals surface area contributed by atoms with E-state index in [2.05, 4.69) is 20.3 Å². The highest BCUT2D eigenvalue weighted by Crippen LogP contribution is 2.30. The minimum absolute atomic E-state index is 0.139. The fourth-order valence-electron chi connectivity index (χ4n) is 3.95. The predicted molar refractivity (Wildman–Crippen MR) is 115 cm³/mol. The van der Waals surface area contributed by atoms with Crippen LogP contribution >= 0.6 is 0 Å². The molecule has 1 fully saturated rings. The number of likely N-dealkylation sites (tertiary alicyclic amines) is 1. The zero-order valence-corrected chi connectivity index (χ0v) is 18.5. The van der Waals surface area contributed by atoms with Gasteiger partial charge in [0.1, 0.15) is 17.6 Å². The van der Waals surface area contributed by atoms with E-state index < -0.39 is 23.9 Å². The van der Waals surface area contributed by atoms with Crippen LogP contribution in [0.15, 0.2) is 24.4 Å². The maximum atomic E-state index is 12.8. The molecule has 1 saturated heterocycles. The summed E-state index contributed by atoms with van der Waals surface area (Å²) in [5, 5.41) is 2.68. The van der Waals surface area contributed by atoms with E-state index in [1.165, 1.54) is 13.1 Å². The van der Waals surface area contributed by atoms with Crippen molar-refractivity contribution >= 4 is 17.6 Å². The van der Waals surface area contributed by atoms with Crippen molar-refractivity contribution in [2.24, 2.45) is 5.92 Å². The number of nitrogens with zero attached hydrogens (tertiary/aromatic N) is 4. The molecule has 2 aromatic heterocycles. The molecule has 8 nitrogen and oxygen atoms in total. The van der Waals surface area contributed by atoms with Gasteiger partial charge in [-0.15, -0.1) is 0 Å². The molecule has 33 heavy (non-hydrogen) atoms. The van der Waals surface area contributed by atoms with Crippen LogP contribution in [0.2, 0.25) is 0 Å². The Morgan fingerprint density at radius 3 is 2.52 bits per heavy atom. The Balaban J connectivity index is 1.49. The number of piperidine rings is 1. The third kappa shape index (κ3) is 6.17. The fraction of sp³-hybridized carbons (Fsp3) is 0.500. The van der Waals surface area contributed by atoms with E-state index in [0.29, 0.717) is 37.4 Å². The van der Waals surface area contributed by atoms with Gasteiger partial charge in [-0.05, 0) is 57.6 Å². The highest BCUT2D eigenvalue weighted by atomic mass is 19.4. The van der Waals surface area contributed by atoms with Gasteiger partial charge in [0.25, 0.3) is 5.91 Å². The zero-order valence-electron chi connectivity index (χ0n) is 18.5. The van der Waals surface area contributed by atoms with Crippen molar-refractivity contribution in [1.29, 1.82) is 0 Å². The van der Waals surface area contributed by atoms with Crippen LogP contribution in [0, 0.1) is 12.8 Å². The largest absolute Gasteiger partial charge is 0.451 e. The van der Waals surface area contributed by atoms with Crippen molar-refractivity contribution in [1.82, 2.24) is 25.2 Å². The van der Waals surface area contributed by atoms with E-state index in [1.54, 1.807) is 30.0 Å². The number of amides is 2. The van der Waals surface area contributed by atoms with E-state index in [0.717, 1.165) is 12.8 Å². The number of nitrogens with two attached hydrogens (primary N) is 1. The Bertz CT molecular complexity index is 968. The second kappa shape index (κ2) is 10.1. The lowest BCUT2D eigenvalue weighted by Crippen LogP contribution is -2.49. The van der Waals surface area contributed by atoms with Gasteiger partial charge in [-0.2, -0.15) is 13.2 Å². The smallest absolute Gasteiger partial charge is 0.383 e. The van der Waals surface area contributed by atoms with Crippen LogP contribution in [-0.4, -0.2) is 50.8 Å². The molecule has 11 heteroatoms. The number of carbonyl (C=O) groups is 2. The van der Waals surface area contributed by atoms with Crippen molar-refractivity contribution in [2.75, 3.05) is 18.8 Å². The summed E-state index contributed by atoms with van der Waals surface area (Å²) in [7, 11) is 0. The number of rotatable bonds is 6. The highest BCUT2D eigenvalue weighted by Gasteiger charge is 2.36. The number of alkyl halides is 3. The first-order chi connectivity index (χ1) is 15.6. The van der Waals surface area contributed by atoms with E-state index in [4.69, 9.17) is 5.73 Å². The Labute approximate surface area is 189 Å². The number of nitrogens with one attached hydrogen (secondary N) is 1. The van der Waals surface area contributed by atoms with Crippen LogP contribution in [0.4, 0.5) is 19.0 Å².